The van der Waals surface area contributed by atoms with Crippen molar-refractivity contribution in [3.8, 4) is 11.6 Å². The molecule has 0 amide bonds. The number of aromatic hydroxyl groups is 1. The largest absolute Gasteiger partial charge is 0.574 e. The van der Waals surface area contributed by atoms with E-state index < -0.39 is 41.9 Å². The summed E-state index contributed by atoms with van der Waals surface area (Å²) in [5.74, 6) is -3.69. The smallest absolute Gasteiger partial charge is 0.506 e. The van der Waals surface area contributed by atoms with Crippen LogP contribution in [-0.4, -0.2) is 16.5 Å². The van der Waals surface area contributed by atoms with Gasteiger partial charge in [0.2, 0.25) is 5.88 Å². The molecule has 0 aliphatic heterocycles. The molecule has 0 saturated carbocycles. The van der Waals surface area contributed by atoms with E-state index in [1.807, 2.05) is 0 Å². The van der Waals surface area contributed by atoms with Crippen LogP contribution in [0.25, 0.3) is 0 Å². The van der Waals surface area contributed by atoms with Crippen LogP contribution in [0.5, 0.6) is 11.6 Å². The van der Waals surface area contributed by atoms with Gasteiger partial charge in [0, 0.05) is 0 Å². The zero-order valence-electron chi connectivity index (χ0n) is 8.48. The van der Waals surface area contributed by atoms with Crippen molar-refractivity contribution in [1.29, 1.82) is 0 Å². The van der Waals surface area contributed by atoms with Gasteiger partial charge in [-0.1, -0.05) is 0 Å². The second-order valence-corrected chi connectivity index (χ2v) is 3.10. The average Bonchev–Trinajstić information content (AvgIpc) is 2.15. The molecule has 0 aromatic carbocycles. The van der Waals surface area contributed by atoms with Crippen molar-refractivity contribution >= 4 is 0 Å². The molecule has 1 heterocycles. The summed E-state index contributed by atoms with van der Waals surface area (Å²) in [6.07, 6.45) is -14.4. The molecule has 0 unspecified atom stereocenters. The molecule has 0 fully saturated rings. The Morgan fingerprint density at radius 3 is 2.00 bits per heavy atom. The molecule has 19 heavy (non-hydrogen) atoms. The van der Waals surface area contributed by atoms with E-state index in [0.717, 1.165) is 0 Å². The molecule has 1 rings (SSSR count). The van der Waals surface area contributed by atoms with Gasteiger partial charge in [-0.15, -0.1) is 13.2 Å². The van der Waals surface area contributed by atoms with E-state index in [0.29, 0.717) is 0 Å². The maximum absolute atomic E-state index is 12.3. The third kappa shape index (κ3) is 3.83. The number of aromatic nitrogens is 1. The Balaban J connectivity index is 3.40. The number of halogens is 8. The van der Waals surface area contributed by atoms with Crippen molar-refractivity contribution in [2.45, 2.75) is 19.0 Å². The Labute approximate surface area is 99.0 Å². The SMILES string of the molecule is Oc1cc(C(F)F)c(OC(F)(F)F)nc1C(F)(F)F. The number of hydrogen-bond donors (Lipinski definition) is 1. The monoisotopic (exact) mass is 297 g/mol. The zero-order valence-corrected chi connectivity index (χ0v) is 8.48. The summed E-state index contributed by atoms with van der Waals surface area (Å²) in [6, 6.07) is -0.179. The quantitative estimate of drug-likeness (QED) is 0.847. The van der Waals surface area contributed by atoms with Crippen LogP contribution in [0.2, 0.25) is 0 Å². The number of pyridine rings is 1. The van der Waals surface area contributed by atoms with Crippen molar-refractivity contribution in [2.75, 3.05) is 0 Å². The van der Waals surface area contributed by atoms with Gasteiger partial charge in [0.25, 0.3) is 6.43 Å². The minimum Gasteiger partial charge on any atom is -0.506 e. The van der Waals surface area contributed by atoms with Gasteiger partial charge in [0.15, 0.2) is 5.69 Å². The van der Waals surface area contributed by atoms with Gasteiger partial charge in [-0.2, -0.15) is 13.2 Å². The van der Waals surface area contributed by atoms with Gasteiger partial charge >= 0.3 is 12.5 Å². The maximum Gasteiger partial charge on any atom is 0.574 e. The molecule has 1 aromatic rings. The van der Waals surface area contributed by atoms with Crippen LogP contribution in [0.15, 0.2) is 6.07 Å². The van der Waals surface area contributed by atoms with Crippen LogP contribution in [-0.2, 0) is 6.18 Å². The maximum atomic E-state index is 12.3. The Kier molecular flexibility index (Phi) is 3.77. The van der Waals surface area contributed by atoms with Crippen molar-refractivity contribution in [2.24, 2.45) is 0 Å². The van der Waals surface area contributed by atoms with E-state index in [1.54, 1.807) is 0 Å². The predicted molar refractivity (Wildman–Crippen MR) is 42.5 cm³/mol. The summed E-state index contributed by atoms with van der Waals surface area (Å²) in [5, 5.41) is 8.85. The third-order valence-electron chi connectivity index (χ3n) is 1.71. The number of rotatable bonds is 2. The summed E-state index contributed by atoms with van der Waals surface area (Å²) < 4.78 is 100.0. The molecule has 0 bridgehead atoms. The molecular weight excluding hydrogens is 294 g/mol. The van der Waals surface area contributed by atoms with E-state index in [1.165, 1.54) is 0 Å². The lowest BCUT2D eigenvalue weighted by Crippen LogP contribution is -2.20. The van der Waals surface area contributed by atoms with Crippen molar-refractivity contribution in [3.05, 3.63) is 17.3 Å². The number of nitrogens with zero attached hydrogens (tertiary/aromatic N) is 1. The molecule has 0 atom stereocenters. The van der Waals surface area contributed by atoms with Crippen molar-refractivity contribution in [1.82, 2.24) is 4.98 Å². The highest BCUT2D eigenvalue weighted by Crippen LogP contribution is 2.40. The fourth-order valence-corrected chi connectivity index (χ4v) is 1.06. The van der Waals surface area contributed by atoms with Crippen LogP contribution < -0.4 is 4.74 Å². The second kappa shape index (κ2) is 4.70. The van der Waals surface area contributed by atoms with Gasteiger partial charge in [0.1, 0.15) is 5.75 Å². The molecular formula is C8H3F8NO2. The number of ether oxygens (including phenoxy) is 1. The minimum absolute atomic E-state index is 0.179. The molecule has 11 heteroatoms. The van der Waals surface area contributed by atoms with E-state index in [2.05, 4.69) is 9.72 Å². The summed E-state index contributed by atoms with van der Waals surface area (Å²) in [5.41, 5.74) is -3.76. The van der Waals surface area contributed by atoms with Crippen LogP contribution >= 0.6 is 0 Å². The summed E-state index contributed by atoms with van der Waals surface area (Å²) in [6.45, 7) is 0. The second-order valence-electron chi connectivity index (χ2n) is 3.10. The first-order chi connectivity index (χ1) is 8.42. The minimum atomic E-state index is -5.50. The van der Waals surface area contributed by atoms with Gasteiger partial charge in [-0.25, -0.2) is 13.8 Å². The normalized spacial score (nSPS) is 12.9. The lowest BCUT2D eigenvalue weighted by molar-refractivity contribution is -0.277. The third-order valence-corrected chi connectivity index (χ3v) is 1.71. The topological polar surface area (TPSA) is 42.4 Å². The summed E-state index contributed by atoms with van der Waals surface area (Å²) in [7, 11) is 0. The van der Waals surface area contributed by atoms with E-state index in [4.69, 9.17) is 5.11 Å². The lowest BCUT2D eigenvalue weighted by Gasteiger charge is -2.15. The first-order valence-corrected chi connectivity index (χ1v) is 4.27. The van der Waals surface area contributed by atoms with Crippen LogP contribution in [0.4, 0.5) is 35.1 Å². The van der Waals surface area contributed by atoms with Gasteiger partial charge in [0.05, 0.1) is 5.56 Å². The first kappa shape index (κ1) is 15.2. The van der Waals surface area contributed by atoms with Crippen LogP contribution in [0.1, 0.15) is 17.7 Å². The molecule has 0 spiro atoms. The van der Waals surface area contributed by atoms with Crippen LogP contribution in [0, 0.1) is 0 Å². The van der Waals surface area contributed by atoms with Crippen LogP contribution in [0.3, 0.4) is 0 Å². The average molecular weight is 297 g/mol. The summed E-state index contributed by atoms with van der Waals surface area (Å²) in [4.78, 5) is 2.25. The number of alkyl halides is 8. The van der Waals surface area contributed by atoms with E-state index in [9.17, 15) is 35.1 Å². The number of hydrogen-bond acceptors (Lipinski definition) is 3. The molecule has 3 nitrogen and oxygen atoms in total. The van der Waals surface area contributed by atoms with E-state index >= 15 is 0 Å². The highest BCUT2D eigenvalue weighted by atomic mass is 19.4. The zero-order chi connectivity index (χ0) is 15.0. The highest BCUT2D eigenvalue weighted by molar-refractivity contribution is 5.40. The van der Waals surface area contributed by atoms with Gasteiger partial charge in [-0.05, 0) is 6.07 Å². The molecule has 1 aromatic heterocycles. The molecule has 0 aliphatic rings. The first-order valence-electron chi connectivity index (χ1n) is 4.27. The Bertz CT molecular complexity index is 467. The van der Waals surface area contributed by atoms with Crippen molar-refractivity contribution < 1.29 is 45.0 Å². The Morgan fingerprint density at radius 2 is 1.63 bits per heavy atom. The van der Waals surface area contributed by atoms with E-state index in [-0.39, 0.29) is 6.07 Å². The summed E-state index contributed by atoms with van der Waals surface area (Å²) >= 11 is 0. The molecule has 0 saturated heterocycles. The Morgan fingerprint density at radius 1 is 1.11 bits per heavy atom. The van der Waals surface area contributed by atoms with Crippen molar-refractivity contribution in [3.63, 3.8) is 0 Å². The molecule has 0 radical (unpaired) electrons. The predicted octanol–water partition coefficient (Wildman–Crippen LogP) is 3.64. The molecule has 108 valence electrons. The standard InChI is InChI=1S/C8H3F8NO2/c9-5(10)2-1-3(18)4(7(11,12)13)17-6(2)19-8(14,15)16/h1,5,18H. The lowest BCUT2D eigenvalue weighted by atomic mass is 10.2. The fraction of sp³-hybridized carbons (Fsp3) is 0.375. The van der Waals surface area contributed by atoms with Gasteiger partial charge in [-0.3, -0.25) is 0 Å². The molecule has 0 aliphatic carbocycles. The molecule has 1 N–H and O–H groups in total. The Hall–Kier alpha value is -1.81. The highest BCUT2D eigenvalue weighted by Gasteiger charge is 2.40. The van der Waals surface area contributed by atoms with Gasteiger partial charge < -0.3 is 9.84 Å². The fourth-order valence-electron chi connectivity index (χ4n) is 1.06.